The molecule has 0 aromatic heterocycles. The van der Waals surface area contributed by atoms with Gasteiger partial charge in [-0.25, -0.2) is 12.7 Å². The fourth-order valence-electron chi connectivity index (χ4n) is 3.35. The van der Waals surface area contributed by atoms with E-state index in [-0.39, 0.29) is 11.7 Å². The van der Waals surface area contributed by atoms with Crippen LogP contribution in [0.3, 0.4) is 0 Å². The lowest BCUT2D eigenvalue weighted by Gasteiger charge is -2.15. The zero-order valence-electron chi connectivity index (χ0n) is 16.8. The molecule has 156 valence electrons. The molecule has 0 aliphatic carbocycles. The Balaban J connectivity index is 1.41. The maximum absolute atomic E-state index is 12.4. The number of benzene rings is 2. The van der Waals surface area contributed by atoms with E-state index in [1.54, 1.807) is 40.3 Å². The molecule has 2 aromatic rings. The fraction of sp³-hybridized carbons (Fsp3) is 0.409. The highest BCUT2D eigenvalue weighted by Gasteiger charge is 2.25. The molecule has 0 radical (unpaired) electrons. The SMILES string of the molecule is Cc1cccc(CSCCNC(=O)c2ccc(CS(=O)(=O)N3CCCC3)cc2)c1. The van der Waals surface area contributed by atoms with Gasteiger partial charge < -0.3 is 5.32 Å². The van der Waals surface area contributed by atoms with Crippen LogP contribution in [-0.4, -0.2) is 44.0 Å². The summed E-state index contributed by atoms with van der Waals surface area (Å²) in [4.78, 5) is 12.3. The summed E-state index contributed by atoms with van der Waals surface area (Å²) in [7, 11) is -3.26. The minimum absolute atomic E-state index is 0.00943. The number of carbonyl (C=O) groups is 1. The van der Waals surface area contributed by atoms with E-state index in [9.17, 15) is 13.2 Å². The van der Waals surface area contributed by atoms with Gasteiger partial charge in [0, 0.05) is 36.7 Å². The van der Waals surface area contributed by atoms with Crippen LogP contribution >= 0.6 is 11.8 Å². The molecule has 3 rings (SSSR count). The van der Waals surface area contributed by atoms with Crippen LogP contribution in [0.2, 0.25) is 0 Å². The largest absolute Gasteiger partial charge is 0.351 e. The summed E-state index contributed by atoms with van der Waals surface area (Å²) < 4.78 is 26.3. The third-order valence-corrected chi connectivity index (χ3v) is 7.79. The Morgan fingerprint density at radius 2 is 1.79 bits per heavy atom. The molecular weight excluding hydrogens is 404 g/mol. The summed E-state index contributed by atoms with van der Waals surface area (Å²) in [5.41, 5.74) is 3.81. The third kappa shape index (κ3) is 6.59. The Hall–Kier alpha value is -1.83. The molecule has 1 aliphatic heterocycles. The molecule has 0 saturated carbocycles. The number of amides is 1. The Morgan fingerprint density at radius 1 is 1.07 bits per heavy atom. The number of rotatable bonds is 9. The number of hydrogen-bond donors (Lipinski definition) is 1. The molecular formula is C22H28N2O3S2. The average molecular weight is 433 g/mol. The van der Waals surface area contributed by atoms with Gasteiger partial charge in [0.15, 0.2) is 0 Å². The molecule has 1 saturated heterocycles. The Kier molecular flexibility index (Phi) is 7.75. The summed E-state index contributed by atoms with van der Waals surface area (Å²) in [6.07, 6.45) is 1.86. The van der Waals surface area contributed by atoms with Crippen LogP contribution in [0, 0.1) is 6.92 Å². The highest BCUT2D eigenvalue weighted by molar-refractivity contribution is 7.98. The summed E-state index contributed by atoms with van der Waals surface area (Å²) in [5, 5.41) is 2.92. The summed E-state index contributed by atoms with van der Waals surface area (Å²) in [6, 6.07) is 15.3. The summed E-state index contributed by atoms with van der Waals surface area (Å²) in [6.45, 7) is 3.91. The minimum atomic E-state index is -3.26. The number of hydrogen-bond acceptors (Lipinski definition) is 4. The van der Waals surface area contributed by atoms with Crippen molar-refractivity contribution in [3.05, 3.63) is 70.8 Å². The van der Waals surface area contributed by atoms with Crippen molar-refractivity contribution in [3.63, 3.8) is 0 Å². The normalized spacial score (nSPS) is 14.8. The van der Waals surface area contributed by atoms with Crippen molar-refractivity contribution in [3.8, 4) is 0 Å². The molecule has 1 amide bonds. The van der Waals surface area contributed by atoms with Crippen molar-refractivity contribution < 1.29 is 13.2 Å². The van der Waals surface area contributed by atoms with E-state index in [0.717, 1.165) is 24.3 Å². The van der Waals surface area contributed by atoms with Gasteiger partial charge in [0.25, 0.3) is 5.91 Å². The van der Waals surface area contributed by atoms with Crippen molar-refractivity contribution in [2.45, 2.75) is 31.3 Å². The van der Waals surface area contributed by atoms with Gasteiger partial charge in [-0.3, -0.25) is 4.79 Å². The molecule has 1 aliphatic rings. The van der Waals surface area contributed by atoms with Crippen LogP contribution in [-0.2, 0) is 21.5 Å². The zero-order valence-corrected chi connectivity index (χ0v) is 18.4. The lowest BCUT2D eigenvalue weighted by atomic mass is 10.1. The molecule has 1 heterocycles. The molecule has 1 fully saturated rings. The topological polar surface area (TPSA) is 66.5 Å². The highest BCUT2D eigenvalue weighted by atomic mass is 32.2. The lowest BCUT2D eigenvalue weighted by Crippen LogP contribution is -2.29. The van der Waals surface area contributed by atoms with Crippen molar-refractivity contribution in [2.75, 3.05) is 25.4 Å². The first-order chi connectivity index (χ1) is 13.9. The Bertz CT molecular complexity index is 921. The van der Waals surface area contributed by atoms with Crippen LogP contribution in [0.4, 0.5) is 0 Å². The molecule has 0 unspecified atom stereocenters. The molecule has 2 aromatic carbocycles. The number of nitrogens with zero attached hydrogens (tertiary/aromatic N) is 1. The van der Waals surface area contributed by atoms with E-state index in [2.05, 4.69) is 36.5 Å². The van der Waals surface area contributed by atoms with E-state index in [4.69, 9.17) is 0 Å². The minimum Gasteiger partial charge on any atom is -0.351 e. The molecule has 0 spiro atoms. The smallest absolute Gasteiger partial charge is 0.251 e. The Morgan fingerprint density at radius 3 is 2.48 bits per heavy atom. The van der Waals surface area contributed by atoms with Crippen LogP contribution in [0.5, 0.6) is 0 Å². The van der Waals surface area contributed by atoms with E-state index < -0.39 is 10.0 Å². The van der Waals surface area contributed by atoms with Crippen molar-refractivity contribution in [1.82, 2.24) is 9.62 Å². The van der Waals surface area contributed by atoms with Crippen LogP contribution in [0.15, 0.2) is 48.5 Å². The maximum atomic E-state index is 12.4. The second-order valence-electron chi connectivity index (χ2n) is 7.36. The second-order valence-corrected chi connectivity index (χ2v) is 10.4. The van der Waals surface area contributed by atoms with E-state index in [1.165, 1.54) is 11.1 Å². The zero-order chi connectivity index (χ0) is 20.7. The molecule has 5 nitrogen and oxygen atoms in total. The first-order valence-corrected chi connectivity index (χ1v) is 12.7. The van der Waals surface area contributed by atoms with Gasteiger partial charge in [-0.2, -0.15) is 11.8 Å². The first kappa shape index (κ1) is 21.9. The van der Waals surface area contributed by atoms with Crippen LogP contribution < -0.4 is 5.32 Å². The predicted molar refractivity (Wildman–Crippen MR) is 120 cm³/mol. The van der Waals surface area contributed by atoms with Crippen LogP contribution in [0.25, 0.3) is 0 Å². The molecule has 7 heteroatoms. The van der Waals surface area contributed by atoms with E-state index >= 15 is 0 Å². The van der Waals surface area contributed by atoms with Crippen LogP contribution in [0.1, 0.15) is 39.9 Å². The predicted octanol–water partition coefficient (Wildman–Crippen LogP) is 3.58. The van der Waals surface area contributed by atoms with Gasteiger partial charge in [-0.05, 0) is 43.0 Å². The fourth-order valence-corrected chi connectivity index (χ4v) is 5.77. The van der Waals surface area contributed by atoms with Crippen molar-refractivity contribution in [1.29, 1.82) is 0 Å². The number of sulfonamides is 1. The first-order valence-electron chi connectivity index (χ1n) is 9.92. The highest BCUT2D eigenvalue weighted by Crippen LogP contribution is 2.18. The number of aryl methyl sites for hydroxylation is 1. The summed E-state index contributed by atoms with van der Waals surface area (Å²) in [5.74, 6) is 1.63. The van der Waals surface area contributed by atoms with Gasteiger partial charge >= 0.3 is 0 Å². The maximum Gasteiger partial charge on any atom is 0.251 e. The number of nitrogens with one attached hydrogen (secondary N) is 1. The molecule has 29 heavy (non-hydrogen) atoms. The van der Waals surface area contributed by atoms with Crippen molar-refractivity contribution in [2.24, 2.45) is 0 Å². The second kappa shape index (κ2) is 10.3. The molecule has 1 N–H and O–H groups in total. The molecule has 0 bridgehead atoms. The summed E-state index contributed by atoms with van der Waals surface area (Å²) >= 11 is 1.79. The lowest BCUT2D eigenvalue weighted by molar-refractivity contribution is 0.0956. The number of thioether (sulfide) groups is 1. The van der Waals surface area contributed by atoms with Gasteiger partial charge in [0.1, 0.15) is 0 Å². The number of carbonyl (C=O) groups excluding carboxylic acids is 1. The van der Waals surface area contributed by atoms with Crippen molar-refractivity contribution >= 4 is 27.7 Å². The molecule has 0 atom stereocenters. The quantitative estimate of drug-likeness (QED) is 0.615. The van der Waals surface area contributed by atoms with Gasteiger partial charge in [-0.1, -0.05) is 42.0 Å². The van der Waals surface area contributed by atoms with Gasteiger partial charge in [-0.15, -0.1) is 0 Å². The van der Waals surface area contributed by atoms with Gasteiger partial charge in [0.05, 0.1) is 5.75 Å². The third-order valence-electron chi connectivity index (χ3n) is 4.91. The standard InChI is InChI=1S/C22H28N2O3S2/c1-18-5-4-6-20(15-18)16-28-14-11-23-22(25)21-9-7-19(8-10-21)17-29(26,27)24-12-2-3-13-24/h4-10,15H,2-3,11-14,16-17H2,1H3,(H,23,25). The van der Waals surface area contributed by atoms with Gasteiger partial charge in [0.2, 0.25) is 10.0 Å². The van der Waals surface area contributed by atoms with E-state index in [0.29, 0.717) is 30.8 Å². The monoisotopic (exact) mass is 432 g/mol. The average Bonchev–Trinajstić information content (AvgIpc) is 3.24. The van der Waals surface area contributed by atoms with E-state index in [1.807, 2.05) is 0 Å². The Labute approximate surface area is 177 Å².